The number of hydrogen-bond donors (Lipinski definition) is 1. The summed E-state index contributed by atoms with van der Waals surface area (Å²) in [6.07, 6.45) is -0.719. The second-order valence-corrected chi connectivity index (χ2v) is 5.45. The highest BCUT2D eigenvalue weighted by Crippen LogP contribution is 2.30. The molecule has 0 amide bonds. The minimum Gasteiger partial charge on any atom is -0.458 e. The van der Waals surface area contributed by atoms with E-state index in [1.807, 2.05) is 51.1 Å². The molecule has 0 saturated carbocycles. The van der Waals surface area contributed by atoms with Gasteiger partial charge in [0, 0.05) is 5.39 Å². The number of hydrogen-bond acceptors (Lipinski definition) is 2. The van der Waals surface area contributed by atoms with Crippen molar-refractivity contribution < 1.29 is 9.52 Å². The Balaban J connectivity index is 2.05. The smallest absolute Gasteiger partial charge is 0.138 e. The van der Waals surface area contributed by atoms with Crippen LogP contribution in [0, 0.1) is 20.8 Å². The zero-order chi connectivity index (χ0) is 14.3. The molecule has 2 heteroatoms. The van der Waals surface area contributed by atoms with Gasteiger partial charge in [-0.1, -0.05) is 35.4 Å². The molecule has 0 aliphatic carbocycles. The number of aliphatic hydroxyl groups excluding tert-OH is 1. The molecule has 0 aliphatic rings. The fourth-order valence-electron chi connectivity index (χ4n) is 2.60. The van der Waals surface area contributed by atoms with Gasteiger partial charge in [0.15, 0.2) is 0 Å². The molecule has 0 spiro atoms. The SMILES string of the molecule is Cc1ccc(C(O)c2cc3cc(C)ccc3o2)c(C)c1. The third-order valence-electron chi connectivity index (χ3n) is 3.68. The summed E-state index contributed by atoms with van der Waals surface area (Å²) in [4.78, 5) is 0. The van der Waals surface area contributed by atoms with Gasteiger partial charge in [-0.3, -0.25) is 0 Å². The van der Waals surface area contributed by atoms with Crippen molar-refractivity contribution in [3.8, 4) is 0 Å². The molecule has 0 saturated heterocycles. The van der Waals surface area contributed by atoms with Crippen molar-refractivity contribution in [2.45, 2.75) is 26.9 Å². The van der Waals surface area contributed by atoms with Crippen LogP contribution < -0.4 is 0 Å². The van der Waals surface area contributed by atoms with Gasteiger partial charge < -0.3 is 9.52 Å². The fourth-order valence-corrected chi connectivity index (χ4v) is 2.60. The molecule has 1 heterocycles. The Hall–Kier alpha value is -2.06. The molecule has 0 radical (unpaired) electrons. The molecular formula is C18H18O2. The van der Waals surface area contributed by atoms with Crippen molar-refractivity contribution in [2.24, 2.45) is 0 Å². The summed E-state index contributed by atoms with van der Waals surface area (Å²) in [6, 6.07) is 14.0. The Kier molecular flexibility index (Phi) is 3.11. The predicted molar refractivity (Wildman–Crippen MR) is 80.9 cm³/mol. The number of benzene rings is 2. The minimum absolute atomic E-state index is 0.595. The van der Waals surface area contributed by atoms with Crippen molar-refractivity contribution in [1.82, 2.24) is 0 Å². The van der Waals surface area contributed by atoms with Gasteiger partial charge >= 0.3 is 0 Å². The summed E-state index contributed by atoms with van der Waals surface area (Å²) in [6.45, 7) is 6.11. The lowest BCUT2D eigenvalue weighted by atomic mass is 9.99. The van der Waals surface area contributed by atoms with Crippen LogP contribution in [0.15, 0.2) is 46.9 Å². The minimum atomic E-state index is -0.719. The van der Waals surface area contributed by atoms with Crippen LogP contribution >= 0.6 is 0 Å². The molecule has 102 valence electrons. The average molecular weight is 266 g/mol. The molecule has 2 aromatic carbocycles. The normalized spacial score (nSPS) is 12.8. The van der Waals surface area contributed by atoms with Crippen LogP contribution in [0.3, 0.4) is 0 Å². The van der Waals surface area contributed by atoms with Crippen molar-refractivity contribution in [2.75, 3.05) is 0 Å². The monoisotopic (exact) mass is 266 g/mol. The first-order valence-electron chi connectivity index (χ1n) is 6.80. The molecule has 3 aromatic rings. The summed E-state index contributed by atoms with van der Waals surface area (Å²) < 4.78 is 5.77. The second kappa shape index (κ2) is 4.80. The van der Waals surface area contributed by atoms with Crippen LogP contribution in [0.1, 0.15) is 34.1 Å². The van der Waals surface area contributed by atoms with Crippen molar-refractivity contribution in [3.05, 3.63) is 70.5 Å². The number of aliphatic hydroxyl groups is 1. The van der Waals surface area contributed by atoms with Crippen LogP contribution in [0.2, 0.25) is 0 Å². The van der Waals surface area contributed by atoms with Crippen LogP contribution in [0.5, 0.6) is 0 Å². The van der Waals surface area contributed by atoms with Crippen molar-refractivity contribution >= 4 is 11.0 Å². The van der Waals surface area contributed by atoms with E-state index in [0.717, 1.165) is 22.1 Å². The van der Waals surface area contributed by atoms with Gasteiger partial charge in [0.1, 0.15) is 17.4 Å². The van der Waals surface area contributed by atoms with Crippen LogP contribution in [0.4, 0.5) is 0 Å². The molecule has 0 fully saturated rings. The van der Waals surface area contributed by atoms with E-state index in [0.29, 0.717) is 5.76 Å². The van der Waals surface area contributed by atoms with Gasteiger partial charge in [-0.15, -0.1) is 0 Å². The quantitative estimate of drug-likeness (QED) is 0.744. The summed E-state index contributed by atoms with van der Waals surface area (Å²) in [5.74, 6) is 0.595. The van der Waals surface area contributed by atoms with E-state index in [9.17, 15) is 5.11 Å². The van der Waals surface area contributed by atoms with Gasteiger partial charge in [0.05, 0.1) is 0 Å². The molecule has 0 aliphatic heterocycles. The molecule has 0 bridgehead atoms. The first kappa shape index (κ1) is 12.9. The average Bonchev–Trinajstić information content (AvgIpc) is 2.81. The Labute approximate surface area is 118 Å². The Morgan fingerprint density at radius 2 is 1.60 bits per heavy atom. The van der Waals surface area contributed by atoms with E-state index >= 15 is 0 Å². The third kappa shape index (κ3) is 2.23. The number of rotatable bonds is 2. The number of fused-ring (bicyclic) bond motifs is 1. The van der Waals surface area contributed by atoms with Crippen LogP contribution in [-0.4, -0.2) is 5.11 Å². The van der Waals surface area contributed by atoms with Gasteiger partial charge in [-0.05, 0) is 50.1 Å². The zero-order valence-corrected chi connectivity index (χ0v) is 12.0. The lowest BCUT2D eigenvalue weighted by Gasteiger charge is -2.11. The van der Waals surface area contributed by atoms with E-state index < -0.39 is 6.10 Å². The molecule has 1 aromatic heterocycles. The topological polar surface area (TPSA) is 33.4 Å². The van der Waals surface area contributed by atoms with Gasteiger partial charge in [-0.2, -0.15) is 0 Å². The highest BCUT2D eigenvalue weighted by atomic mass is 16.4. The molecule has 20 heavy (non-hydrogen) atoms. The zero-order valence-electron chi connectivity index (χ0n) is 12.0. The van der Waals surface area contributed by atoms with Gasteiger partial charge in [0.25, 0.3) is 0 Å². The summed E-state index contributed by atoms with van der Waals surface area (Å²) in [5.41, 5.74) is 5.17. The van der Waals surface area contributed by atoms with Gasteiger partial charge in [0.2, 0.25) is 0 Å². The molecule has 1 unspecified atom stereocenters. The Morgan fingerprint density at radius 1 is 0.900 bits per heavy atom. The van der Waals surface area contributed by atoms with Crippen LogP contribution in [0.25, 0.3) is 11.0 Å². The lowest BCUT2D eigenvalue weighted by molar-refractivity contribution is 0.191. The van der Waals surface area contributed by atoms with Gasteiger partial charge in [-0.25, -0.2) is 0 Å². The second-order valence-electron chi connectivity index (χ2n) is 5.45. The predicted octanol–water partition coefficient (Wildman–Crippen LogP) is 4.44. The summed E-state index contributed by atoms with van der Waals surface area (Å²) in [5, 5.41) is 11.6. The van der Waals surface area contributed by atoms with Crippen molar-refractivity contribution in [3.63, 3.8) is 0 Å². The molecular weight excluding hydrogens is 248 g/mol. The molecule has 3 rings (SSSR count). The van der Waals surface area contributed by atoms with E-state index in [1.165, 1.54) is 11.1 Å². The maximum Gasteiger partial charge on any atom is 0.138 e. The first-order chi connectivity index (χ1) is 9.54. The largest absolute Gasteiger partial charge is 0.458 e. The number of furan rings is 1. The standard InChI is InChI=1S/C18H18O2/c1-11-4-6-15(13(3)8-11)18(19)17-10-14-9-12(2)5-7-16(14)20-17/h4-10,18-19H,1-3H3. The van der Waals surface area contributed by atoms with Crippen molar-refractivity contribution in [1.29, 1.82) is 0 Å². The van der Waals surface area contributed by atoms with E-state index in [2.05, 4.69) is 12.1 Å². The Bertz CT molecular complexity index is 768. The highest BCUT2D eigenvalue weighted by Gasteiger charge is 2.17. The summed E-state index contributed by atoms with van der Waals surface area (Å²) >= 11 is 0. The third-order valence-corrected chi connectivity index (χ3v) is 3.68. The van der Waals surface area contributed by atoms with Crippen LogP contribution in [-0.2, 0) is 0 Å². The fraction of sp³-hybridized carbons (Fsp3) is 0.222. The molecule has 1 N–H and O–H groups in total. The lowest BCUT2D eigenvalue weighted by Crippen LogP contribution is -2.00. The maximum absolute atomic E-state index is 10.5. The van der Waals surface area contributed by atoms with E-state index in [-0.39, 0.29) is 0 Å². The highest BCUT2D eigenvalue weighted by molar-refractivity contribution is 5.78. The maximum atomic E-state index is 10.5. The van der Waals surface area contributed by atoms with E-state index in [1.54, 1.807) is 0 Å². The number of aryl methyl sites for hydroxylation is 3. The first-order valence-corrected chi connectivity index (χ1v) is 6.80. The van der Waals surface area contributed by atoms with E-state index in [4.69, 9.17) is 4.42 Å². The summed E-state index contributed by atoms with van der Waals surface area (Å²) in [7, 11) is 0. The Morgan fingerprint density at radius 3 is 2.35 bits per heavy atom. The molecule has 2 nitrogen and oxygen atoms in total. The molecule has 1 atom stereocenters.